The maximum absolute atomic E-state index is 14.2. The second kappa shape index (κ2) is 13.0. The highest BCUT2D eigenvalue weighted by Gasteiger charge is 2.36. The highest BCUT2D eigenvalue weighted by atomic mass is 19.4. The molecular weight excluding hydrogens is 587 g/mol. The van der Waals surface area contributed by atoms with Gasteiger partial charge in [-0.15, -0.1) is 5.10 Å². The predicted octanol–water partition coefficient (Wildman–Crippen LogP) is 1.61. The number of methoxy groups -OCH3 is 1. The van der Waals surface area contributed by atoms with Gasteiger partial charge in [0.1, 0.15) is 11.3 Å². The first-order valence-corrected chi connectivity index (χ1v) is 13.9. The summed E-state index contributed by atoms with van der Waals surface area (Å²) in [6.07, 6.45) is -3.01. The zero-order valence-corrected chi connectivity index (χ0v) is 24.2. The molecule has 2 aliphatic rings. The molecule has 0 radical (unpaired) electrons. The van der Waals surface area contributed by atoms with Crippen molar-refractivity contribution in [3.63, 3.8) is 0 Å². The van der Waals surface area contributed by atoms with Crippen LogP contribution in [0.25, 0.3) is 16.9 Å². The fourth-order valence-electron chi connectivity index (χ4n) is 5.06. The van der Waals surface area contributed by atoms with Crippen molar-refractivity contribution in [2.75, 3.05) is 76.4 Å². The smallest absolute Gasteiger partial charge is 0.417 e. The van der Waals surface area contributed by atoms with Gasteiger partial charge in [-0.2, -0.15) is 13.2 Å². The molecule has 3 amide bonds. The van der Waals surface area contributed by atoms with E-state index >= 15 is 0 Å². The molecule has 0 atom stereocenters. The number of nitrogens with zero attached hydrogens (tertiary/aromatic N) is 7. The molecule has 2 aliphatic heterocycles. The van der Waals surface area contributed by atoms with Gasteiger partial charge in [-0.3, -0.25) is 19.8 Å². The first kappa shape index (κ1) is 30.9. The van der Waals surface area contributed by atoms with Crippen LogP contribution in [0.15, 0.2) is 24.5 Å². The summed E-state index contributed by atoms with van der Waals surface area (Å²) in [5.74, 6) is -0.463. The number of hydrogen-bond acceptors (Lipinski definition) is 10. The molecule has 3 aromatic rings. The Kier molecular flexibility index (Phi) is 9.14. The Bertz CT molecular complexity index is 1530. The number of carbonyl (C=O) groups excluding carboxylic acids is 3. The third-order valence-electron chi connectivity index (χ3n) is 7.30. The fraction of sp³-hybridized carbons (Fsp3) is 0.481. The second-order valence-electron chi connectivity index (χ2n) is 10.3. The molecule has 0 unspecified atom stereocenters. The number of ether oxygens (including phenoxy) is 2. The monoisotopic (exact) mass is 619 g/mol. The highest BCUT2D eigenvalue weighted by molar-refractivity contribution is 5.84. The molecule has 0 aliphatic carbocycles. The molecule has 14 nitrogen and oxygen atoms in total. The van der Waals surface area contributed by atoms with Crippen LogP contribution in [0.3, 0.4) is 0 Å². The Balaban J connectivity index is 1.44. The largest absolute Gasteiger partial charge is 0.453 e. The van der Waals surface area contributed by atoms with Crippen LogP contribution < -0.4 is 15.5 Å². The molecule has 44 heavy (non-hydrogen) atoms. The minimum absolute atomic E-state index is 0.0401. The lowest BCUT2D eigenvalue weighted by Crippen LogP contribution is -2.50. The van der Waals surface area contributed by atoms with E-state index in [2.05, 4.69) is 35.3 Å². The van der Waals surface area contributed by atoms with E-state index in [1.807, 2.05) is 11.0 Å². The van der Waals surface area contributed by atoms with Crippen molar-refractivity contribution in [3.05, 3.63) is 35.7 Å². The van der Waals surface area contributed by atoms with Crippen molar-refractivity contribution in [1.29, 1.82) is 0 Å². The molecule has 5 rings (SSSR count). The molecule has 0 spiro atoms. The summed E-state index contributed by atoms with van der Waals surface area (Å²) in [7, 11) is 1.09. The molecule has 2 saturated heterocycles. The van der Waals surface area contributed by atoms with Gasteiger partial charge in [0.2, 0.25) is 11.8 Å². The van der Waals surface area contributed by atoms with Crippen molar-refractivity contribution in [1.82, 2.24) is 34.7 Å². The van der Waals surface area contributed by atoms with E-state index in [0.717, 1.165) is 24.9 Å². The number of anilines is 2. The molecule has 5 heterocycles. The van der Waals surface area contributed by atoms with Gasteiger partial charge < -0.3 is 24.6 Å². The Morgan fingerprint density at radius 1 is 1.07 bits per heavy atom. The molecule has 3 aromatic heterocycles. The van der Waals surface area contributed by atoms with Gasteiger partial charge in [-0.1, -0.05) is 0 Å². The number of fused-ring (bicyclic) bond motifs is 1. The Morgan fingerprint density at radius 3 is 2.45 bits per heavy atom. The summed E-state index contributed by atoms with van der Waals surface area (Å²) >= 11 is 0. The maximum Gasteiger partial charge on any atom is 0.417 e. The summed E-state index contributed by atoms with van der Waals surface area (Å²) in [6.45, 7) is 5.93. The number of halogens is 3. The Hall–Kier alpha value is -4.51. The van der Waals surface area contributed by atoms with Crippen molar-refractivity contribution >= 4 is 35.1 Å². The van der Waals surface area contributed by atoms with Crippen LogP contribution in [0.5, 0.6) is 0 Å². The van der Waals surface area contributed by atoms with Gasteiger partial charge in [0.15, 0.2) is 11.6 Å². The minimum Gasteiger partial charge on any atom is -0.453 e. The number of pyridine rings is 1. The van der Waals surface area contributed by atoms with Gasteiger partial charge in [0.05, 0.1) is 38.0 Å². The van der Waals surface area contributed by atoms with Crippen LogP contribution >= 0.6 is 0 Å². The van der Waals surface area contributed by atoms with Crippen molar-refractivity contribution in [2.45, 2.75) is 19.6 Å². The van der Waals surface area contributed by atoms with E-state index in [4.69, 9.17) is 4.74 Å². The van der Waals surface area contributed by atoms with Crippen LogP contribution in [0.2, 0.25) is 0 Å². The SMILES string of the molecule is COC(=O)Nc1cc(C(F)(F)F)c(-c2nc(N3CCOCC3)c3cc(CN4CCN(C(=O)CNC(C)=O)CC4)cn3n2)cn1. The molecular formula is C27H32F3N9O5. The van der Waals surface area contributed by atoms with E-state index in [0.29, 0.717) is 70.4 Å². The number of hydrogen-bond donors (Lipinski definition) is 2. The van der Waals surface area contributed by atoms with E-state index in [1.165, 1.54) is 11.4 Å². The number of morpholine rings is 1. The number of aromatic nitrogens is 4. The van der Waals surface area contributed by atoms with Crippen LogP contribution in [-0.2, 0) is 31.8 Å². The molecule has 0 aromatic carbocycles. The number of carbonyl (C=O) groups is 3. The lowest BCUT2D eigenvalue weighted by molar-refractivity contribution is -0.137. The predicted molar refractivity (Wildman–Crippen MR) is 151 cm³/mol. The van der Waals surface area contributed by atoms with Gasteiger partial charge in [0, 0.05) is 65.1 Å². The topological polar surface area (TPSA) is 147 Å². The number of amides is 3. The van der Waals surface area contributed by atoms with Crippen LogP contribution in [-0.4, -0.2) is 113 Å². The second-order valence-corrected chi connectivity index (χ2v) is 10.3. The van der Waals surface area contributed by atoms with Crippen LogP contribution in [0.4, 0.5) is 29.6 Å². The zero-order valence-electron chi connectivity index (χ0n) is 24.2. The third kappa shape index (κ3) is 7.16. The van der Waals surface area contributed by atoms with Crippen molar-refractivity contribution in [3.8, 4) is 11.4 Å². The van der Waals surface area contributed by atoms with E-state index in [9.17, 15) is 27.6 Å². The molecule has 236 valence electrons. The summed E-state index contributed by atoms with van der Waals surface area (Å²) in [5.41, 5.74) is 0.0835. The van der Waals surface area contributed by atoms with Crippen LogP contribution in [0.1, 0.15) is 18.1 Å². The molecule has 0 saturated carbocycles. The number of alkyl halides is 3. The first-order valence-electron chi connectivity index (χ1n) is 13.9. The minimum atomic E-state index is -4.80. The summed E-state index contributed by atoms with van der Waals surface area (Å²) < 4.78 is 54.1. The van der Waals surface area contributed by atoms with Crippen molar-refractivity contribution < 1.29 is 37.0 Å². The Labute approximate surface area is 250 Å². The van der Waals surface area contributed by atoms with Gasteiger partial charge in [0.25, 0.3) is 0 Å². The average Bonchev–Trinajstić information content (AvgIpc) is 3.42. The number of nitrogens with one attached hydrogen (secondary N) is 2. The lowest BCUT2D eigenvalue weighted by atomic mass is 10.1. The third-order valence-corrected chi connectivity index (χ3v) is 7.30. The lowest BCUT2D eigenvalue weighted by Gasteiger charge is -2.34. The van der Waals surface area contributed by atoms with Crippen molar-refractivity contribution in [2.24, 2.45) is 0 Å². The molecule has 2 N–H and O–H groups in total. The number of rotatable bonds is 7. The Morgan fingerprint density at radius 2 is 1.80 bits per heavy atom. The molecule has 0 bridgehead atoms. The summed E-state index contributed by atoms with van der Waals surface area (Å²) in [6, 6.07) is 2.63. The van der Waals surface area contributed by atoms with E-state index in [-0.39, 0.29) is 35.6 Å². The fourth-order valence-corrected chi connectivity index (χ4v) is 5.06. The van der Waals surface area contributed by atoms with Gasteiger partial charge in [-0.05, 0) is 17.7 Å². The molecule has 2 fully saturated rings. The van der Waals surface area contributed by atoms with Gasteiger partial charge in [-0.25, -0.2) is 19.3 Å². The highest BCUT2D eigenvalue weighted by Crippen LogP contribution is 2.38. The van der Waals surface area contributed by atoms with E-state index < -0.39 is 17.8 Å². The average molecular weight is 620 g/mol. The number of piperazine rings is 1. The first-order chi connectivity index (χ1) is 21.0. The van der Waals surface area contributed by atoms with Crippen LogP contribution in [0, 0.1) is 0 Å². The summed E-state index contributed by atoms with van der Waals surface area (Å²) in [5, 5.41) is 9.13. The quantitative estimate of drug-likeness (QED) is 0.400. The molecule has 17 heteroatoms. The maximum atomic E-state index is 14.2. The zero-order chi connectivity index (χ0) is 31.4. The van der Waals surface area contributed by atoms with Gasteiger partial charge >= 0.3 is 12.3 Å². The normalized spacial score (nSPS) is 16.2. The van der Waals surface area contributed by atoms with E-state index in [1.54, 1.807) is 11.1 Å². The standard InChI is InChI=1S/C27H32F3N9O5/c1-17(40)31-14-23(41)37-5-3-36(4-6-37)15-18-11-21-25(38-7-9-44-10-8-38)34-24(35-39(21)16-18)19-13-32-22(33-26(42)43-2)12-20(19)27(28,29)30/h11-13,16H,3-10,14-15H2,1-2H3,(H,31,40)(H,32,33,42). The summed E-state index contributed by atoms with van der Waals surface area (Å²) in [4.78, 5) is 49.4.